The van der Waals surface area contributed by atoms with Crippen LogP contribution in [0.4, 0.5) is 0 Å². The number of nitrogens with zero attached hydrogens (tertiary/aromatic N) is 4. The van der Waals surface area contributed by atoms with Crippen LogP contribution < -0.4 is 0 Å². The lowest BCUT2D eigenvalue weighted by Crippen LogP contribution is -2.33. The van der Waals surface area contributed by atoms with E-state index in [1.54, 1.807) is 11.3 Å². The fourth-order valence-corrected chi connectivity index (χ4v) is 4.13. The smallest absolute Gasteiger partial charge is 0.110 e. The standard InChI is InChI=1S/C18H20N4S/c1-13-16(21-15-7-3-2-6-14(15)20-13)12-22-10-5-4-8-17(22)18-19-9-11-23-18/h2-3,6-7,9,11,17H,4-5,8,10,12H2,1H3. The molecular formula is C18H20N4S. The summed E-state index contributed by atoms with van der Waals surface area (Å²) in [6.07, 6.45) is 5.63. The summed E-state index contributed by atoms with van der Waals surface area (Å²) in [6, 6.07) is 8.53. The summed E-state index contributed by atoms with van der Waals surface area (Å²) in [5, 5.41) is 3.31. The predicted molar refractivity (Wildman–Crippen MR) is 93.4 cm³/mol. The Hall–Kier alpha value is -1.85. The molecule has 5 heteroatoms. The quantitative estimate of drug-likeness (QED) is 0.727. The monoisotopic (exact) mass is 324 g/mol. The van der Waals surface area contributed by atoms with Crippen LogP contribution in [0.2, 0.25) is 0 Å². The van der Waals surface area contributed by atoms with Gasteiger partial charge in [0.1, 0.15) is 5.01 Å². The zero-order chi connectivity index (χ0) is 15.6. The van der Waals surface area contributed by atoms with Gasteiger partial charge in [-0.2, -0.15) is 0 Å². The molecule has 1 saturated heterocycles. The molecule has 1 atom stereocenters. The molecule has 1 aliphatic rings. The van der Waals surface area contributed by atoms with E-state index in [0.29, 0.717) is 6.04 Å². The van der Waals surface area contributed by atoms with E-state index in [1.165, 1.54) is 24.3 Å². The number of likely N-dealkylation sites (tertiary alicyclic amines) is 1. The van der Waals surface area contributed by atoms with Crippen molar-refractivity contribution >= 4 is 22.4 Å². The first-order valence-electron chi connectivity index (χ1n) is 8.17. The van der Waals surface area contributed by atoms with E-state index in [1.807, 2.05) is 30.5 Å². The number of rotatable bonds is 3. The second kappa shape index (κ2) is 6.34. The summed E-state index contributed by atoms with van der Waals surface area (Å²) in [4.78, 5) is 16.7. The second-order valence-corrected chi connectivity index (χ2v) is 7.02. The Bertz CT molecular complexity index is 800. The fraction of sp³-hybridized carbons (Fsp3) is 0.389. The molecule has 1 aromatic carbocycles. The van der Waals surface area contributed by atoms with Crippen molar-refractivity contribution in [3.63, 3.8) is 0 Å². The van der Waals surface area contributed by atoms with Crippen LogP contribution in [-0.4, -0.2) is 26.4 Å². The Kier molecular flexibility index (Phi) is 4.06. The molecular weight excluding hydrogens is 304 g/mol. The number of para-hydroxylation sites is 2. The Morgan fingerprint density at radius 2 is 2.00 bits per heavy atom. The maximum absolute atomic E-state index is 4.86. The fourth-order valence-electron chi connectivity index (χ4n) is 3.33. The lowest BCUT2D eigenvalue weighted by Gasteiger charge is -2.34. The minimum atomic E-state index is 0.427. The van der Waals surface area contributed by atoms with Crippen LogP contribution in [-0.2, 0) is 6.54 Å². The lowest BCUT2D eigenvalue weighted by molar-refractivity contribution is 0.138. The third kappa shape index (κ3) is 2.99. The number of aromatic nitrogens is 3. The van der Waals surface area contributed by atoms with E-state index < -0.39 is 0 Å². The molecule has 0 saturated carbocycles. The first-order chi connectivity index (χ1) is 11.3. The van der Waals surface area contributed by atoms with E-state index in [4.69, 9.17) is 9.97 Å². The maximum Gasteiger partial charge on any atom is 0.110 e. The molecule has 1 aliphatic heterocycles. The Balaban J connectivity index is 1.64. The zero-order valence-corrected chi connectivity index (χ0v) is 14.1. The number of hydrogen-bond donors (Lipinski definition) is 0. The highest BCUT2D eigenvalue weighted by atomic mass is 32.1. The van der Waals surface area contributed by atoms with Crippen molar-refractivity contribution in [3.8, 4) is 0 Å². The Morgan fingerprint density at radius 3 is 2.78 bits per heavy atom. The summed E-state index contributed by atoms with van der Waals surface area (Å²) < 4.78 is 0. The van der Waals surface area contributed by atoms with Gasteiger partial charge in [-0.15, -0.1) is 11.3 Å². The van der Waals surface area contributed by atoms with Crippen molar-refractivity contribution in [1.82, 2.24) is 19.9 Å². The third-order valence-electron chi connectivity index (χ3n) is 4.55. The minimum Gasteiger partial charge on any atom is -0.288 e. The van der Waals surface area contributed by atoms with Gasteiger partial charge in [0.15, 0.2) is 0 Å². The van der Waals surface area contributed by atoms with Gasteiger partial charge < -0.3 is 0 Å². The molecule has 2 aromatic heterocycles. The van der Waals surface area contributed by atoms with Crippen LogP contribution in [0.1, 0.15) is 41.7 Å². The van der Waals surface area contributed by atoms with Gasteiger partial charge in [-0.05, 0) is 38.4 Å². The number of piperidine rings is 1. The molecule has 0 amide bonds. The Labute approximate surface area is 140 Å². The summed E-state index contributed by atoms with van der Waals surface area (Å²) in [5.41, 5.74) is 4.08. The third-order valence-corrected chi connectivity index (χ3v) is 5.42. The van der Waals surface area contributed by atoms with Crippen molar-refractivity contribution in [2.75, 3.05) is 6.54 Å². The van der Waals surface area contributed by atoms with Gasteiger partial charge in [0, 0.05) is 18.1 Å². The highest BCUT2D eigenvalue weighted by Gasteiger charge is 2.26. The van der Waals surface area contributed by atoms with Gasteiger partial charge in [0.05, 0.1) is 28.5 Å². The second-order valence-electron chi connectivity index (χ2n) is 6.10. The predicted octanol–water partition coefficient (Wildman–Crippen LogP) is 4.12. The van der Waals surface area contributed by atoms with Crippen LogP contribution in [0.3, 0.4) is 0 Å². The first-order valence-corrected chi connectivity index (χ1v) is 9.05. The molecule has 0 spiro atoms. The highest BCUT2D eigenvalue weighted by Crippen LogP contribution is 2.33. The first kappa shape index (κ1) is 14.7. The minimum absolute atomic E-state index is 0.427. The van der Waals surface area contributed by atoms with E-state index in [2.05, 4.69) is 22.2 Å². The van der Waals surface area contributed by atoms with Gasteiger partial charge in [-0.3, -0.25) is 4.90 Å². The number of hydrogen-bond acceptors (Lipinski definition) is 5. The molecule has 1 unspecified atom stereocenters. The molecule has 3 aromatic rings. The van der Waals surface area contributed by atoms with Crippen molar-refractivity contribution < 1.29 is 0 Å². The molecule has 23 heavy (non-hydrogen) atoms. The maximum atomic E-state index is 4.86. The molecule has 0 aliphatic carbocycles. The SMILES string of the molecule is Cc1nc2ccccc2nc1CN1CCCCC1c1nccs1. The van der Waals surface area contributed by atoms with Crippen LogP contribution in [0.5, 0.6) is 0 Å². The van der Waals surface area contributed by atoms with E-state index in [0.717, 1.165) is 35.5 Å². The molecule has 0 N–H and O–H groups in total. The molecule has 118 valence electrons. The normalized spacial score (nSPS) is 19.3. The molecule has 0 bridgehead atoms. The van der Waals surface area contributed by atoms with Crippen molar-refractivity contribution in [2.24, 2.45) is 0 Å². The summed E-state index contributed by atoms with van der Waals surface area (Å²) in [6.45, 7) is 4.03. The van der Waals surface area contributed by atoms with E-state index >= 15 is 0 Å². The summed E-state index contributed by atoms with van der Waals surface area (Å²) in [7, 11) is 0. The number of thiazole rings is 1. The molecule has 0 radical (unpaired) electrons. The van der Waals surface area contributed by atoms with Crippen molar-refractivity contribution in [3.05, 3.63) is 52.2 Å². The van der Waals surface area contributed by atoms with Crippen molar-refractivity contribution in [1.29, 1.82) is 0 Å². The van der Waals surface area contributed by atoms with Gasteiger partial charge in [-0.1, -0.05) is 18.6 Å². The molecule has 1 fully saturated rings. The molecule has 4 rings (SSSR count). The molecule has 4 nitrogen and oxygen atoms in total. The summed E-state index contributed by atoms with van der Waals surface area (Å²) >= 11 is 1.76. The number of benzene rings is 1. The number of fused-ring (bicyclic) bond motifs is 1. The van der Waals surface area contributed by atoms with Crippen LogP contribution in [0.25, 0.3) is 11.0 Å². The van der Waals surface area contributed by atoms with Gasteiger partial charge in [0.25, 0.3) is 0 Å². The highest BCUT2D eigenvalue weighted by molar-refractivity contribution is 7.09. The molecule has 3 heterocycles. The zero-order valence-electron chi connectivity index (χ0n) is 13.3. The van der Waals surface area contributed by atoms with Crippen molar-refractivity contribution in [2.45, 2.75) is 38.8 Å². The van der Waals surface area contributed by atoms with E-state index in [9.17, 15) is 0 Å². The van der Waals surface area contributed by atoms with Gasteiger partial charge in [0.2, 0.25) is 0 Å². The topological polar surface area (TPSA) is 41.9 Å². The average molecular weight is 324 g/mol. The van der Waals surface area contributed by atoms with Crippen LogP contribution in [0, 0.1) is 6.92 Å². The van der Waals surface area contributed by atoms with Crippen LogP contribution in [0.15, 0.2) is 35.8 Å². The lowest BCUT2D eigenvalue weighted by atomic mass is 10.0. The number of aryl methyl sites for hydroxylation is 1. The van der Waals surface area contributed by atoms with Crippen LogP contribution >= 0.6 is 11.3 Å². The largest absolute Gasteiger partial charge is 0.288 e. The summed E-state index contributed by atoms with van der Waals surface area (Å²) in [5.74, 6) is 0. The van der Waals surface area contributed by atoms with E-state index in [-0.39, 0.29) is 0 Å². The van der Waals surface area contributed by atoms with Gasteiger partial charge in [-0.25, -0.2) is 15.0 Å². The van der Waals surface area contributed by atoms with Gasteiger partial charge >= 0.3 is 0 Å². The average Bonchev–Trinajstić information content (AvgIpc) is 3.10. The Morgan fingerprint density at radius 1 is 1.17 bits per heavy atom.